The standard InChI is InChI=1S/C11H14S2/c1-2-4-7-10(6-3-1)11-12-8-5-9-13-11/h1-4,6-7,10-11H,5,8-9H2. The zero-order chi connectivity index (χ0) is 8.93. The van der Waals surface area contributed by atoms with E-state index in [1.54, 1.807) is 0 Å². The maximum atomic E-state index is 2.32. The first-order valence-corrected chi connectivity index (χ1v) is 6.81. The summed E-state index contributed by atoms with van der Waals surface area (Å²) in [4.78, 5) is 0. The highest BCUT2D eigenvalue weighted by Gasteiger charge is 2.20. The molecule has 0 aromatic rings. The van der Waals surface area contributed by atoms with Crippen molar-refractivity contribution in [1.82, 2.24) is 0 Å². The van der Waals surface area contributed by atoms with Crippen LogP contribution in [0.4, 0.5) is 0 Å². The van der Waals surface area contributed by atoms with Crippen molar-refractivity contribution in [1.29, 1.82) is 0 Å². The molecule has 70 valence electrons. The fraction of sp³-hybridized carbons (Fsp3) is 0.455. The van der Waals surface area contributed by atoms with E-state index in [2.05, 4.69) is 60.0 Å². The van der Waals surface area contributed by atoms with Crippen LogP contribution in [0, 0.1) is 5.92 Å². The molecule has 1 saturated heterocycles. The first kappa shape index (κ1) is 9.47. The summed E-state index contributed by atoms with van der Waals surface area (Å²) in [6.07, 6.45) is 14.6. The van der Waals surface area contributed by atoms with Crippen molar-refractivity contribution in [2.45, 2.75) is 11.0 Å². The molecule has 2 heteroatoms. The van der Waals surface area contributed by atoms with Gasteiger partial charge in [0.2, 0.25) is 0 Å². The summed E-state index contributed by atoms with van der Waals surface area (Å²) in [6, 6.07) is 0. The third kappa shape index (κ3) is 2.68. The normalized spacial score (nSPS) is 24.9. The van der Waals surface area contributed by atoms with Crippen molar-refractivity contribution >= 4 is 23.5 Å². The molecule has 0 atom stereocenters. The second kappa shape index (κ2) is 4.97. The summed E-state index contributed by atoms with van der Waals surface area (Å²) in [7, 11) is 0. The average Bonchev–Trinajstić information content (AvgIpc) is 2.47. The van der Waals surface area contributed by atoms with E-state index in [0.717, 1.165) is 4.58 Å². The lowest BCUT2D eigenvalue weighted by Crippen LogP contribution is -2.14. The van der Waals surface area contributed by atoms with Crippen molar-refractivity contribution in [3.8, 4) is 0 Å². The number of thioether (sulfide) groups is 2. The van der Waals surface area contributed by atoms with Gasteiger partial charge in [-0.05, 0) is 17.9 Å². The van der Waals surface area contributed by atoms with Gasteiger partial charge in [-0.1, -0.05) is 36.5 Å². The minimum absolute atomic E-state index is 0.630. The summed E-state index contributed by atoms with van der Waals surface area (Å²) < 4.78 is 0.751. The Morgan fingerprint density at radius 2 is 1.46 bits per heavy atom. The molecule has 13 heavy (non-hydrogen) atoms. The van der Waals surface area contributed by atoms with Gasteiger partial charge in [0.15, 0.2) is 0 Å². The Hall–Kier alpha value is -0.0800. The third-order valence-electron chi connectivity index (χ3n) is 2.17. The van der Waals surface area contributed by atoms with E-state index in [1.807, 2.05) is 0 Å². The van der Waals surface area contributed by atoms with Gasteiger partial charge < -0.3 is 0 Å². The van der Waals surface area contributed by atoms with Crippen LogP contribution < -0.4 is 0 Å². The van der Waals surface area contributed by atoms with Gasteiger partial charge in [0.1, 0.15) is 0 Å². The molecular formula is C11H14S2. The highest BCUT2D eigenvalue weighted by molar-refractivity contribution is 8.17. The Morgan fingerprint density at radius 3 is 2.08 bits per heavy atom. The van der Waals surface area contributed by atoms with Crippen molar-refractivity contribution in [2.24, 2.45) is 5.92 Å². The highest BCUT2D eigenvalue weighted by atomic mass is 32.2. The molecule has 1 aliphatic heterocycles. The predicted molar refractivity (Wildman–Crippen MR) is 64.2 cm³/mol. The van der Waals surface area contributed by atoms with Crippen LogP contribution in [0.25, 0.3) is 0 Å². The Bertz CT molecular complexity index is 218. The zero-order valence-corrected chi connectivity index (χ0v) is 9.19. The molecule has 0 spiro atoms. The first-order valence-electron chi connectivity index (χ1n) is 4.72. The highest BCUT2D eigenvalue weighted by Crippen LogP contribution is 2.37. The van der Waals surface area contributed by atoms with Gasteiger partial charge in [-0.15, -0.1) is 23.5 Å². The molecule has 0 saturated carbocycles. The molecule has 1 fully saturated rings. The number of hydrogen-bond donors (Lipinski definition) is 0. The van der Waals surface area contributed by atoms with Crippen molar-refractivity contribution in [2.75, 3.05) is 11.5 Å². The van der Waals surface area contributed by atoms with E-state index in [9.17, 15) is 0 Å². The monoisotopic (exact) mass is 210 g/mol. The Balaban J connectivity index is 1.98. The van der Waals surface area contributed by atoms with Crippen LogP contribution in [0.5, 0.6) is 0 Å². The fourth-order valence-corrected chi connectivity index (χ4v) is 4.53. The summed E-state index contributed by atoms with van der Waals surface area (Å²) in [6.45, 7) is 0. The first-order chi connectivity index (χ1) is 6.47. The molecular weight excluding hydrogens is 196 g/mol. The lowest BCUT2D eigenvalue weighted by atomic mass is 10.1. The fourth-order valence-electron chi connectivity index (χ4n) is 1.49. The molecule has 0 N–H and O–H groups in total. The molecule has 2 aliphatic rings. The van der Waals surface area contributed by atoms with Gasteiger partial charge in [-0.25, -0.2) is 0 Å². The quantitative estimate of drug-likeness (QED) is 0.650. The maximum absolute atomic E-state index is 2.32. The van der Waals surface area contributed by atoms with Crippen LogP contribution in [-0.4, -0.2) is 16.1 Å². The minimum atomic E-state index is 0.630. The summed E-state index contributed by atoms with van der Waals surface area (Å²) in [5.74, 6) is 3.30. The van der Waals surface area contributed by atoms with E-state index < -0.39 is 0 Å². The van der Waals surface area contributed by atoms with Crippen LogP contribution in [0.15, 0.2) is 36.5 Å². The van der Waals surface area contributed by atoms with Crippen LogP contribution in [0.2, 0.25) is 0 Å². The molecule has 2 rings (SSSR count). The summed E-state index contributed by atoms with van der Waals surface area (Å²) in [5, 5.41) is 0. The van der Waals surface area contributed by atoms with Gasteiger partial charge in [0.05, 0.1) is 4.58 Å². The Labute approximate surface area is 88.6 Å². The smallest absolute Gasteiger partial charge is 0.0599 e. The number of hydrogen-bond acceptors (Lipinski definition) is 2. The molecule has 0 nitrogen and oxygen atoms in total. The van der Waals surface area contributed by atoms with Crippen LogP contribution in [-0.2, 0) is 0 Å². The van der Waals surface area contributed by atoms with Gasteiger partial charge in [-0.3, -0.25) is 0 Å². The largest absolute Gasteiger partial charge is 0.147 e. The molecule has 0 aromatic heterocycles. The maximum Gasteiger partial charge on any atom is 0.0599 e. The lowest BCUT2D eigenvalue weighted by Gasteiger charge is -2.25. The van der Waals surface area contributed by atoms with Crippen LogP contribution in [0.1, 0.15) is 6.42 Å². The molecule has 0 bridgehead atoms. The SMILES string of the molecule is C1=CC=CC(C2SCCCS2)C=C1. The van der Waals surface area contributed by atoms with E-state index in [-0.39, 0.29) is 0 Å². The third-order valence-corrected chi connectivity index (χ3v) is 5.32. The van der Waals surface area contributed by atoms with E-state index in [4.69, 9.17) is 0 Å². The van der Waals surface area contributed by atoms with Gasteiger partial charge in [0.25, 0.3) is 0 Å². The molecule has 0 amide bonds. The van der Waals surface area contributed by atoms with E-state index >= 15 is 0 Å². The van der Waals surface area contributed by atoms with Crippen molar-refractivity contribution in [3.63, 3.8) is 0 Å². The molecule has 0 radical (unpaired) electrons. The van der Waals surface area contributed by atoms with E-state index in [1.165, 1.54) is 17.9 Å². The van der Waals surface area contributed by atoms with Gasteiger partial charge >= 0.3 is 0 Å². The Kier molecular flexibility index (Phi) is 3.62. The summed E-state index contributed by atoms with van der Waals surface area (Å²) >= 11 is 4.22. The van der Waals surface area contributed by atoms with Crippen molar-refractivity contribution in [3.05, 3.63) is 36.5 Å². The average molecular weight is 210 g/mol. The van der Waals surface area contributed by atoms with E-state index in [0.29, 0.717) is 5.92 Å². The van der Waals surface area contributed by atoms with Gasteiger partial charge in [0, 0.05) is 5.92 Å². The second-order valence-electron chi connectivity index (χ2n) is 3.20. The molecule has 1 aliphatic carbocycles. The topological polar surface area (TPSA) is 0 Å². The minimum Gasteiger partial charge on any atom is -0.147 e. The molecule has 1 heterocycles. The predicted octanol–water partition coefficient (Wildman–Crippen LogP) is 3.48. The number of allylic oxidation sites excluding steroid dienone is 6. The number of rotatable bonds is 1. The Morgan fingerprint density at radius 1 is 0.846 bits per heavy atom. The van der Waals surface area contributed by atoms with Crippen molar-refractivity contribution < 1.29 is 0 Å². The lowest BCUT2D eigenvalue weighted by molar-refractivity contribution is 0.902. The summed E-state index contributed by atoms with van der Waals surface area (Å²) in [5.41, 5.74) is 0. The van der Waals surface area contributed by atoms with Gasteiger partial charge in [-0.2, -0.15) is 0 Å². The molecule has 0 unspecified atom stereocenters. The second-order valence-corrected chi connectivity index (χ2v) is 5.99. The molecule has 0 aromatic carbocycles. The van der Waals surface area contributed by atoms with Crippen LogP contribution in [0.3, 0.4) is 0 Å². The zero-order valence-electron chi connectivity index (χ0n) is 7.56. The van der Waals surface area contributed by atoms with Crippen LogP contribution >= 0.6 is 23.5 Å².